The maximum absolute atomic E-state index is 12.8. The van der Waals surface area contributed by atoms with Gasteiger partial charge in [0.2, 0.25) is 0 Å². The fraction of sp³-hybridized carbons (Fsp3) is 0.688. The van der Waals surface area contributed by atoms with Gasteiger partial charge >= 0.3 is 0 Å². The number of hydrogen-bond donors (Lipinski definition) is 1. The van der Waals surface area contributed by atoms with Crippen molar-refractivity contribution in [2.24, 2.45) is 5.41 Å². The van der Waals surface area contributed by atoms with Gasteiger partial charge in [0.25, 0.3) is 11.5 Å². The first-order valence-electron chi connectivity index (χ1n) is 7.78. The minimum Gasteiger partial charge on any atom is -0.334 e. The molecular formula is C16H23N3O2. The van der Waals surface area contributed by atoms with Gasteiger partial charge in [-0.2, -0.15) is 0 Å². The molecule has 5 heteroatoms. The van der Waals surface area contributed by atoms with Gasteiger partial charge in [-0.3, -0.25) is 9.59 Å². The van der Waals surface area contributed by atoms with E-state index in [-0.39, 0.29) is 22.9 Å². The lowest BCUT2D eigenvalue weighted by molar-refractivity contribution is 0.0619. The molecule has 5 nitrogen and oxygen atoms in total. The summed E-state index contributed by atoms with van der Waals surface area (Å²) in [6.45, 7) is 7.23. The molecule has 1 atom stereocenters. The molecular weight excluding hydrogens is 266 g/mol. The van der Waals surface area contributed by atoms with Gasteiger partial charge in [-0.25, -0.2) is 4.98 Å². The van der Waals surface area contributed by atoms with E-state index in [4.69, 9.17) is 0 Å². The zero-order valence-corrected chi connectivity index (χ0v) is 13.0. The fourth-order valence-electron chi connectivity index (χ4n) is 3.19. The van der Waals surface area contributed by atoms with E-state index >= 15 is 0 Å². The molecule has 0 bridgehead atoms. The Morgan fingerprint density at radius 2 is 2.05 bits per heavy atom. The Morgan fingerprint density at radius 1 is 1.33 bits per heavy atom. The molecule has 1 aliphatic carbocycles. The molecule has 2 aliphatic rings. The second kappa shape index (κ2) is 4.97. The van der Waals surface area contributed by atoms with Crippen molar-refractivity contribution in [3.8, 4) is 0 Å². The van der Waals surface area contributed by atoms with E-state index < -0.39 is 0 Å². The van der Waals surface area contributed by atoms with Crippen molar-refractivity contribution in [1.82, 2.24) is 14.9 Å². The van der Waals surface area contributed by atoms with Gasteiger partial charge in [-0.1, -0.05) is 20.8 Å². The van der Waals surface area contributed by atoms with Crippen LogP contribution in [0, 0.1) is 5.41 Å². The number of nitrogens with zero attached hydrogens (tertiary/aromatic N) is 2. The molecule has 1 amide bonds. The normalized spacial score (nSPS) is 22.6. The Hall–Kier alpha value is -1.65. The fourth-order valence-corrected chi connectivity index (χ4v) is 3.19. The van der Waals surface area contributed by atoms with Gasteiger partial charge in [0.1, 0.15) is 11.5 Å². The molecule has 2 heterocycles. The Bertz CT molecular complexity index is 611. The Labute approximate surface area is 124 Å². The van der Waals surface area contributed by atoms with Gasteiger partial charge in [-0.15, -0.1) is 0 Å². The third-order valence-electron chi connectivity index (χ3n) is 4.46. The molecule has 0 spiro atoms. The van der Waals surface area contributed by atoms with Crippen molar-refractivity contribution in [2.75, 3.05) is 6.54 Å². The van der Waals surface area contributed by atoms with Crippen LogP contribution in [-0.4, -0.2) is 33.4 Å². The second-order valence-corrected chi connectivity index (χ2v) is 7.31. The number of carbonyl (C=O) groups is 1. The van der Waals surface area contributed by atoms with E-state index in [9.17, 15) is 9.59 Å². The molecule has 3 rings (SSSR count). The molecule has 0 aromatic carbocycles. The van der Waals surface area contributed by atoms with Crippen molar-refractivity contribution in [3.05, 3.63) is 27.9 Å². The van der Waals surface area contributed by atoms with Gasteiger partial charge in [0.15, 0.2) is 0 Å². The van der Waals surface area contributed by atoms with E-state index in [1.165, 1.54) is 6.07 Å². The molecule has 1 aromatic heterocycles. The average Bonchev–Trinajstić information content (AvgIpc) is 3.12. The minimum absolute atomic E-state index is 0.0483. The number of aromatic amines is 1. The first-order valence-corrected chi connectivity index (χ1v) is 7.78. The van der Waals surface area contributed by atoms with Crippen LogP contribution in [0.3, 0.4) is 0 Å². The molecule has 1 N–H and O–H groups in total. The zero-order chi connectivity index (χ0) is 15.2. The monoisotopic (exact) mass is 289 g/mol. The SMILES string of the molecule is CC(C)(C)C1CCCN1C(=O)c1cc(=O)[nH]c(C2CC2)n1. The van der Waals surface area contributed by atoms with Gasteiger partial charge in [-0.05, 0) is 31.1 Å². The van der Waals surface area contributed by atoms with Crippen molar-refractivity contribution in [3.63, 3.8) is 0 Å². The highest BCUT2D eigenvalue weighted by Crippen LogP contribution is 2.38. The lowest BCUT2D eigenvalue weighted by atomic mass is 9.85. The summed E-state index contributed by atoms with van der Waals surface area (Å²) in [5, 5.41) is 0. The van der Waals surface area contributed by atoms with Gasteiger partial charge in [0.05, 0.1) is 0 Å². The standard InChI is InChI=1S/C16H23N3O2/c1-16(2,3)12-5-4-8-19(12)15(21)11-9-13(20)18-14(17-11)10-6-7-10/h9-10,12H,4-8H2,1-3H3,(H,17,18,20). The summed E-state index contributed by atoms with van der Waals surface area (Å²) < 4.78 is 0. The summed E-state index contributed by atoms with van der Waals surface area (Å²) in [4.78, 5) is 33.6. The Morgan fingerprint density at radius 3 is 2.67 bits per heavy atom. The number of likely N-dealkylation sites (tertiary alicyclic amines) is 1. The largest absolute Gasteiger partial charge is 0.334 e. The summed E-state index contributed by atoms with van der Waals surface area (Å²) in [5.74, 6) is 0.917. The van der Waals surface area contributed by atoms with E-state index in [2.05, 4.69) is 30.7 Å². The second-order valence-electron chi connectivity index (χ2n) is 7.31. The van der Waals surface area contributed by atoms with E-state index in [1.54, 1.807) is 0 Å². The third kappa shape index (κ3) is 2.87. The molecule has 1 aromatic rings. The summed E-state index contributed by atoms with van der Waals surface area (Å²) in [6, 6.07) is 1.56. The molecule has 1 saturated heterocycles. The predicted octanol–water partition coefficient (Wildman–Crippen LogP) is 2.30. The zero-order valence-electron chi connectivity index (χ0n) is 13.0. The quantitative estimate of drug-likeness (QED) is 0.908. The highest BCUT2D eigenvalue weighted by Gasteiger charge is 2.38. The maximum atomic E-state index is 12.8. The van der Waals surface area contributed by atoms with Crippen LogP contribution >= 0.6 is 0 Å². The number of aromatic nitrogens is 2. The van der Waals surface area contributed by atoms with Crippen LogP contribution in [0.25, 0.3) is 0 Å². The van der Waals surface area contributed by atoms with Crippen molar-refractivity contribution >= 4 is 5.91 Å². The lowest BCUT2D eigenvalue weighted by Gasteiger charge is -2.34. The summed E-state index contributed by atoms with van der Waals surface area (Å²) in [5.41, 5.74) is 0.130. The minimum atomic E-state index is -0.221. The third-order valence-corrected chi connectivity index (χ3v) is 4.46. The van der Waals surface area contributed by atoms with Gasteiger partial charge in [0, 0.05) is 24.6 Å². The Balaban J connectivity index is 1.89. The molecule has 0 radical (unpaired) electrons. The molecule has 114 valence electrons. The van der Waals surface area contributed by atoms with Crippen LogP contribution in [0.2, 0.25) is 0 Å². The average molecular weight is 289 g/mol. The summed E-state index contributed by atoms with van der Waals surface area (Å²) in [7, 11) is 0. The van der Waals surface area contributed by atoms with Crippen LogP contribution in [0.15, 0.2) is 10.9 Å². The first-order chi connectivity index (χ1) is 9.86. The number of nitrogens with one attached hydrogen (secondary N) is 1. The van der Waals surface area contributed by atoms with Crippen molar-refractivity contribution < 1.29 is 4.79 Å². The van der Waals surface area contributed by atoms with E-state index in [0.29, 0.717) is 17.4 Å². The highest BCUT2D eigenvalue weighted by molar-refractivity contribution is 5.92. The number of rotatable bonds is 2. The smallest absolute Gasteiger partial charge is 0.273 e. The number of H-pyrrole nitrogens is 1. The van der Waals surface area contributed by atoms with Crippen molar-refractivity contribution in [2.45, 2.75) is 58.4 Å². The molecule has 1 saturated carbocycles. The molecule has 21 heavy (non-hydrogen) atoms. The topological polar surface area (TPSA) is 66.1 Å². The highest BCUT2D eigenvalue weighted by atomic mass is 16.2. The number of amides is 1. The van der Waals surface area contributed by atoms with E-state index in [0.717, 1.165) is 32.2 Å². The van der Waals surface area contributed by atoms with Crippen molar-refractivity contribution in [1.29, 1.82) is 0 Å². The van der Waals surface area contributed by atoms with Crippen LogP contribution < -0.4 is 5.56 Å². The Kier molecular flexibility index (Phi) is 3.38. The van der Waals surface area contributed by atoms with E-state index in [1.807, 2.05) is 4.90 Å². The maximum Gasteiger partial charge on any atom is 0.273 e. The van der Waals surface area contributed by atoms with Crippen LogP contribution in [0.4, 0.5) is 0 Å². The van der Waals surface area contributed by atoms with Gasteiger partial charge < -0.3 is 9.88 Å². The molecule has 2 fully saturated rings. The van der Waals surface area contributed by atoms with Crippen LogP contribution in [-0.2, 0) is 0 Å². The summed E-state index contributed by atoms with van der Waals surface area (Å²) >= 11 is 0. The number of hydrogen-bond acceptors (Lipinski definition) is 3. The van der Waals surface area contributed by atoms with Crippen LogP contribution in [0.1, 0.15) is 68.7 Å². The predicted molar refractivity (Wildman–Crippen MR) is 80.3 cm³/mol. The lowest BCUT2D eigenvalue weighted by Crippen LogP contribution is -2.43. The first kappa shape index (κ1) is 14.3. The summed E-state index contributed by atoms with van der Waals surface area (Å²) in [6.07, 6.45) is 4.14. The molecule has 1 unspecified atom stereocenters. The molecule has 1 aliphatic heterocycles. The number of carbonyl (C=O) groups excluding carboxylic acids is 1. The van der Waals surface area contributed by atoms with Crippen LogP contribution in [0.5, 0.6) is 0 Å².